The summed E-state index contributed by atoms with van der Waals surface area (Å²) in [6.07, 6.45) is 3.48. The van der Waals surface area contributed by atoms with Crippen molar-refractivity contribution in [3.63, 3.8) is 0 Å². The van der Waals surface area contributed by atoms with Crippen molar-refractivity contribution in [3.8, 4) is 0 Å². The molecule has 0 saturated carbocycles. The van der Waals surface area contributed by atoms with Crippen LogP contribution in [0.25, 0.3) is 0 Å². The lowest BCUT2D eigenvalue weighted by molar-refractivity contribution is 0.448. The van der Waals surface area contributed by atoms with Gasteiger partial charge >= 0.3 is 0 Å². The first-order valence-corrected chi connectivity index (χ1v) is 7.62. The molecule has 0 saturated heterocycles. The molecule has 0 bridgehead atoms. The summed E-state index contributed by atoms with van der Waals surface area (Å²) in [5, 5.41) is 2.76. The normalized spacial score (nSPS) is 14.2. The number of unbranched alkanes of at least 4 members (excludes halogenated alkanes) is 1. The van der Waals surface area contributed by atoms with E-state index >= 15 is 0 Å². The molecule has 0 amide bonds. The molecule has 0 aliphatic carbocycles. The van der Waals surface area contributed by atoms with Gasteiger partial charge in [-0.05, 0) is 19.8 Å². The molecule has 1 atom stereocenters. The lowest BCUT2D eigenvalue weighted by atomic mass is 10.3. The number of nitrogens with one attached hydrogen (secondary N) is 1. The summed E-state index contributed by atoms with van der Waals surface area (Å²) in [6, 6.07) is 0.304. The topological polar surface area (TPSA) is 49.4 Å². The smallest absolute Gasteiger partial charge is 0.217 e. The van der Waals surface area contributed by atoms with Gasteiger partial charge in [0.15, 0.2) is 0 Å². The minimum absolute atomic E-state index is 0.304. The lowest BCUT2D eigenvalue weighted by Gasteiger charge is -2.22. The Kier molecular flexibility index (Phi) is 7.66. The highest BCUT2D eigenvalue weighted by atomic mass is 32.2. The first kappa shape index (κ1) is 16.6. The summed E-state index contributed by atoms with van der Waals surface area (Å²) < 4.78 is 25.6. The molecule has 0 heterocycles. The second-order valence-corrected chi connectivity index (χ2v) is 7.13. The Labute approximate surface area is 106 Å². The molecule has 0 aromatic rings. The van der Waals surface area contributed by atoms with Crippen LogP contribution < -0.4 is 5.32 Å². The van der Waals surface area contributed by atoms with Crippen LogP contribution in [-0.4, -0.2) is 44.2 Å². The Bertz CT molecular complexity index is 312. The van der Waals surface area contributed by atoms with Crippen molar-refractivity contribution in [1.29, 1.82) is 0 Å². The van der Waals surface area contributed by atoms with E-state index in [1.807, 2.05) is 19.9 Å². The van der Waals surface area contributed by atoms with Gasteiger partial charge in [0.05, 0.1) is 5.25 Å². The zero-order chi connectivity index (χ0) is 13.5. The average Bonchev–Trinajstić information content (AvgIpc) is 2.25. The van der Waals surface area contributed by atoms with Crippen LogP contribution in [0.3, 0.4) is 0 Å². The van der Waals surface area contributed by atoms with Gasteiger partial charge < -0.3 is 5.32 Å². The molecular formula is C12H26N2O2S. The summed E-state index contributed by atoms with van der Waals surface area (Å²) in [5.74, 6) is 0. The summed E-state index contributed by atoms with van der Waals surface area (Å²) in [4.78, 5) is 0. The van der Waals surface area contributed by atoms with Crippen molar-refractivity contribution >= 4 is 10.0 Å². The zero-order valence-corrected chi connectivity index (χ0v) is 12.3. The molecule has 0 spiro atoms. The van der Waals surface area contributed by atoms with E-state index in [2.05, 4.69) is 11.9 Å². The quantitative estimate of drug-likeness (QED) is 0.507. The van der Waals surface area contributed by atoms with Gasteiger partial charge in [0, 0.05) is 26.2 Å². The van der Waals surface area contributed by atoms with E-state index in [0.29, 0.717) is 19.1 Å². The van der Waals surface area contributed by atoms with Crippen LogP contribution in [-0.2, 0) is 10.0 Å². The minimum atomic E-state index is -3.18. The third kappa shape index (κ3) is 6.19. The number of allylic oxidation sites excluding steroid dienone is 1. The molecule has 0 radical (unpaired) electrons. The molecule has 0 aliphatic rings. The third-order valence-corrected chi connectivity index (χ3v) is 4.87. The lowest BCUT2D eigenvalue weighted by Crippen LogP contribution is -2.42. The molecule has 0 aliphatic heterocycles. The SMILES string of the molecule is C=CCCCN(C)S(=O)(=O)C(C)CNC(C)C. The fraction of sp³-hybridized carbons (Fsp3) is 0.833. The first-order chi connectivity index (χ1) is 7.82. The van der Waals surface area contributed by atoms with E-state index in [1.54, 1.807) is 14.0 Å². The first-order valence-electron chi connectivity index (χ1n) is 6.11. The maximum absolute atomic E-state index is 12.1. The average molecular weight is 262 g/mol. The van der Waals surface area contributed by atoms with Gasteiger partial charge in [-0.1, -0.05) is 19.9 Å². The number of rotatable bonds is 9. The van der Waals surface area contributed by atoms with E-state index in [-0.39, 0.29) is 0 Å². The molecule has 0 aromatic heterocycles. The number of hydrogen-bond acceptors (Lipinski definition) is 3. The number of sulfonamides is 1. The zero-order valence-electron chi connectivity index (χ0n) is 11.4. The van der Waals surface area contributed by atoms with Crippen LogP contribution in [0.4, 0.5) is 0 Å². The van der Waals surface area contributed by atoms with E-state index in [9.17, 15) is 8.42 Å². The van der Waals surface area contributed by atoms with Crippen LogP contribution >= 0.6 is 0 Å². The summed E-state index contributed by atoms with van der Waals surface area (Å²) >= 11 is 0. The molecule has 5 heteroatoms. The molecule has 102 valence electrons. The van der Waals surface area contributed by atoms with Gasteiger partial charge in [0.2, 0.25) is 10.0 Å². The molecule has 4 nitrogen and oxygen atoms in total. The molecule has 0 fully saturated rings. The van der Waals surface area contributed by atoms with Crippen LogP contribution in [0.2, 0.25) is 0 Å². The van der Waals surface area contributed by atoms with Crippen LogP contribution in [0.15, 0.2) is 12.7 Å². The monoisotopic (exact) mass is 262 g/mol. The highest BCUT2D eigenvalue weighted by molar-refractivity contribution is 7.89. The van der Waals surface area contributed by atoms with Gasteiger partial charge in [-0.25, -0.2) is 12.7 Å². The van der Waals surface area contributed by atoms with E-state index in [0.717, 1.165) is 12.8 Å². The van der Waals surface area contributed by atoms with Crippen LogP contribution in [0.5, 0.6) is 0 Å². The van der Waals surface area contributed by atoms with Crippen molar-refractivity contribution in [3.05, 3.63) is 12.7 Å². The third-order valence-electron chi connectivity index (χ3n) is 2.64. The fourth-order valence-electron chi connectivity index (χ4n) is 1.40. The standard InChI is InChI=1S/C12H26N2O2S/c1-6-7-8-9-14(5)17(15,16)12(4)10-13-11(2)3/h6,11-13H,1,7-10H2,2-5H3. The maximum atomic E-state index is 12.1. The van der Waals surface area contributed by atoms with E-state index in [4.69, 9.17) is 0 Å². The van der Waals surface area contributed by atoms with E-state index in [1.165, 1.54) is 4.31 Å². The fourth-order valence-corrected chi connectivity index (χ4v) is 2.70. The summed E-state index contributed by atoms with van der Waals surface area (Å²) in [6.45, 7) is 10.4. The Morgan fingerprint density at radius 3 is 2.41 bits per heavy atom. The molecule has 1 N–H and O–H groups in total. The summed E-state index contributed by atoms with van der Waals surface area (Å²) in [7, 11) is -1.54. The van der Waals surface area contributed by atoms with Gasteiger partial charge in [0.25, 0.3) is 0 Å². The number of hydrogen-bond donors (Lipinski definition) is 1. The van der Waals surface area contributed by atoms with Crippen LogP contribution in [0.1, 0.15) is 33.6 Å². The second kappa shape index (κ2) is 7.84. The van der Waals surface area contributed by atoms with Gasteiger partial charge in [0.1, 0.15) is 0 Å². The Morgan fingerprint density at radius 2 is 1.94 bits per heavy atom. The second-order valence-electron chi connectivity index (χ2n) is 4.67. The van der Waals surface area contributed by atoms with Crippen molar-refractivity contribution in [2.45, 2.75) is 44.9 Å². The predicted molar refractivity (Wildman–Crippen MR) is 73.6 cm³/mol. The predicted octanol–water partition coefficient (Wildman–Crippen LogP) is 1.60. The van der Waals surface area contributed by atoms with Gasteiger partial charge in [-0.3, -0.25) is 0 Å². The Morgan fingerprint density at radius 1 is 1.35 bits per heavy atom. The summed E-state index contributed by atoms with van der Waals surface area (Å²) in [5.41, 5.74) is 0. The molecule has 1 unspecified atom stereocenters. The molecule has 17 heavy (non-hydrogen) atoms. The maximum Gasteiger partial charge on any atom is 0.217 e. The Balaban J connectivity index is 4.28. The van der Waals surface area contributed by atoms with Crippen molar-refractivity contribution in [1.82, 2.24) is 9.62 Å². The largest absolute Gasteiger partial charge is 0.313 e. The minimum Gasteiger partial charge on any atom is -0.313 e. The number of nitrogens with zero attached hydrogens (tertiary/aromatic N) is 1. The van der Waals surface area contributed by atoms with E-state index < -0.39 is 15.3 Å². The van der Waals surface area contributed by atoms with Crippen molar-refractivity contribution in [2.75, 3.05) is 20.1 Å². The van der Waals surface area contributed by atoms with Gasteiger partial charge in [-0.2, -0.15) is 0 Å². The van der Waals surface area contributed by atoms with Crippen molar-refractivity contribution in [2.24, 2.45) is 0 Å². The Hall–Kier alpha value is -0.390. The van der Waals surface area contributed by atoms with Gasteiger partial charge in [-0.15, -0.1) is 6.58 Å². The molecule has 0 rings (SSSR count). The van der Waals surface area contributed by atoms with Crippen molar-refractivity contribution < 1.29 is 8.42 Å². The highest BCUT2D eigenvalue weighted by Gasteiger charge is 2.25. The van der Waals surface area contributed by atoms with Crippen LogP contribution in [0, 0.1) is 0 Å². The molecular weight excluding hydrogens is 236 g/mol. The molecule has 0 aromatic carbocycles. The highest BCUT2D eigenvalue weighted by Crippen LogP contribution is 2.08.